The maximum atomic E-state index is 12.1. The monoisotopic (exact) mass is 256 g/mol. The van der Waals surface area contributed by atoms with Gasteiger partial charge in [-0.15, -0.1) is 0 Å². The molecule has 1 amide bonds. The molecule has 1 heterocycles. The minimum absolute atomic E-state index is 0.0417. The third kappa shape index (κ3) is 3.45. The fraction of sp³-hybridized carbons (Fsp3) is 0.929. The molecule has 1 atom stereocenters. The summed E-state index contributed by atoms with van der Waals surface area (Å²) >= 11 is 0. The Labute approximate surface area is 111 Å². The van der Waals surface area contributed by atoms with Crippen LogP contribution in [-0.2, 0) is 9.53 Å². The predicted octanol–water partition coefficient (Wildman–Crippen LogP) is 1.84. The highest BCUT2D eigenvalue weighted by Crippen LogP contribution is 2.31. The van der Waals surface area contributed by atoms with Crippen LogP contribution in [0.2, 0.25) is 0 Å². The largest absolute Gasteiger partial charge is 0.375 e. The summed E-state index contributed by atoms with van der Waals surface area (Å²) in [5.74, 6) is 0.0676. The second-order valence-corrected chi connectivity index (χ2v) is 5.78. The van der Waals surface area contributed by atoms with E-state index < -0.39 is 5.54 Å². The highest BCUT2D eigenvalue weighted by molar-refractivity contribution is 5.85. The first kappa shape index (κ1) is 15.4. The standard InChI is InChI=1S/C14H28N2O2/c1-6-14(7-2)10-11(8-9-18-14)16-12(17)13(3,4)15-5/h11,15H,6-10H2,1-5H3,(H,16,17). The van der Waals surface area contributed by atoms with E-state index in [4.69, 9.17) is 4.74 Å². The van der Waals surface area contributed by atoms with E-state index in [0.717, 1.165) is 32.3 Å². The van der Waals surface area contributed by atoms with Crippen molar-refractivity contribution in [2.75, 3.05) is 13.7 Å². The fourth-order valence-electron chi connectivity index (χ4n) is 2.37. The van der Waals surface area contributed by atoms with Crippen LogP contribution in [0.1, 0.15) is 53.4 Å². The lowest BCUT2D eigenvalue weighted by molar-refractivity contribution is -0.130. The van der Waals surface area contributed by atoms with Gasteiger partial charge in [0, 0.05) is 12.6 Å². The van der Waals surface area contributed by atoms with Gasteiger partial charge in [-0.2, -0.15) is 0 Å². The van der Waals surface area contributed by atoms with Crippen LogP contribution in [0.5, 0.6) is 0 Å². The van der Waals surface area contributed by atoms with Gasteiger partial charge in [0.25, 0.3) is 0 Å². The zero-order chi connectivity index (χ0) is 13.8. The molecule has 18 heavy (non-hydrogen) atoms. The SMILES string of the molecule is CCC1(CC)CC(NC(=O)C(C)(C)NC)CCO1. The van der Waals surface area contributed by atoms with Crippen molar-refractivity contribution >= 4 is 5.91 Å². The average Bonchev–Trinajstić information content (AvgIpc) is 2.38. The summed E-state index contributed by atoms with van der Waals surface area (Å²) in [5, 5.41) is 6.19. The minimum Gasteiger partial charge on any atom is -0.375 e. The summed E-state index contributed by atoms with van der Waals surface area (Å²) in [7, 11) is 1.81. The van der Waals surface area contributed by atoms with Crippen LogP contribution in [0, 0.1) is 0 Å². The van der Waals surface area contributed by atoms with Crippen LogP contribution < -0.4 is 10.6 Å². The van der Waals surface area contributed by atoms with Crippen LogP contribution in [0.25, 0.3) is 0 Å². The molecule has 1 aliphatic rings. The lowest BCUT2D eigenvalue weighted by Crippen LogP contribution is -2.56. The first-order valence-electron chi connectivity index (χ1n) is 7.03. The number of amides is 1. The topological polar surface area (TPSA) is 50.4 Å². The van der Waals surface area contributed by atoms with Crippen LogP contribution >= 0.6 is 0 Å². The second-order valence-electron chi connectivity index (χ2n) is 5.78. The predicted molar refractivity (Wildman–Crippen MR) is 73.6 cm³/mol. The zero-order valence-corrected chi connectivity index (χ0v) is 12.4. The van der Waals surface area contributed by atoms with Gasteiger partial charge >= 0.3 is 0 Å². The van der Waals surface area contributed by atoms with E-state index in [1.54, 1.807) is 0 Å². The highest BCUT2D eigenvalue weighted by Gasteiger charge is 2.36. The summed E-state index contributed by atoms with van der Waals surface area (Å²) in [4.78, 5) is 12.1. The Bertz CT molecular complexity index is 286. The Kier molecular flexibility index (Phi) is 5.17. The number of carbonyl (C=O) groups excluding carboxylic acids is 1. The lowest BCUT2D eigenvalue weighted by Gasteiger charge is -2.41. The van der Waals surface area contributed by atoms with Crippen LogP contribution in [0.4, 0.5) is 0 Å². The van der Waals surface area contributed by atoms with E-state index in [1.165, 1.54) is 0 Å². The Hall–Kier alpha value is -0.610. The molecule has 4 heteroatoms. The van der Waals surface area contributed by atoms with E-state index in [1.807, 2.05) is 20.9 Å². The Balaban J connectivity index is 2.61. The van der Waals surface area contributed by atoms with E-state index in [9.17, 15) is 4.79 Å². The number of nitrogens with one attached hydrogen (secondary N) is 2. The summed E-state index contributed by atoms with van der Waals surface area (Å²) in [5.41, 5.74) is -0.556. The summed E-state index contributed by atoms with van der Waals surface area (Å²) in [6.45, 7) is 8.85. The van der Waals surface area contributed by atoms with E-state index >= 15 is 0 Å². The molecule has 4 nitrogen and oxygen atoms in total. The maximum Gasteiger partial charge on any atom is 0.239 e. The molecule has 1 unspecified atom stereocenters. The number of carbonyl (C=O) groups is 1. The van der Waals surface area contributed by atoms with Gasteiger partial charge in [0.05, 0.1) is 11.1 Å². The molecular formula is C14H28N2O2. The van der Waals surface area contributed by atoms with E-state index in [2.05, 4.69) is 24.5 Å². The fourth-order valence-corrected chi connectivity index (χ4v) is 2.37. The smallest absolute Gasteiger partial charge is 0.239 e. The van der Waals surface area contributed by atoms with Gasteiger partial charge in [-0.1, -0.05) is 13.8 Å². The molecule has 0 aliphatic carbocycles. The molecule has 0 saturated carbocycles. The van der Waals surface area contributed by atoms with E-state index in [0.29, 0.717) is 0 Å². The molecule has 1 fully saturated rings. The summed E-state index contributed by atoms with van der Waals surface area (Å²) in [6, 6.07) is 0.235. The van der Waals surface area contributed by atoms with Gasteiger partial charge in [0.15, 0.2) is 0 Å². The molecule has 106 valence electrons. The number of hydrogen-bond donors (Lipinski definition) is 2. The lowest BCUT2D eigenvalue weighted by atomic mass is 9.85. The maximum absolute atomic E-state index is 12.1. The van der Waals surface area contributed by atoms with Gasteiger partial charge in [-0.25, -0.2) is 0 Å². The molecule has 1 rings (SSSR count). The third-order valence-electron chi connectivity index (χ3n) is 4.31. The number of ether oxygens (including phenoxy) is 1. The normalized spacial score (nSPS) is 23.7. The van der Waals surface area contributed by atoms with Gasteiger partial charge in [0.2, 0.25) is 5.91 Å². The number of rotatable bonds is 5. The Morgan fingerprint density at radius 3 is 2.50 bits per heavy atom. The van der Waals surface area contributed by atoms with E-state index in [-0.39, 0.29) is 17.6 Å². The van der Waals surface area contributed by atoms with Gasteiger partial charge in [-0.3, -0.25) is 4.79 Å². The summed E-state index contributed by atoms with van der Waals surface area (Å²) in [6.07, 6.45) is 3.84. The molecule has 0 aromatic rings. The van der Waals surface area contributed by atoms with Gasteiger partial charge < -0.3 is 15.4 Å². The van der Waals surface area contributed by atoms with Crippen molar-refractivity contribution in [3.05, 3.63) is 0 Å². The highest BCUT2D eigenvalue weighted by atomic mass is 16.5. The van der Waals surface area contributed by atoms with Crippen LogP contribution in [-0.4, -0.2) is 36.7 Å². The molecule has 1 aliphatic heterocycles. The molecule has 1 saturated heterocycles. The second kappa shape index (κ2) is 6.02. The number of likely N-dealkylation sites (N-methyl/N-ethyl adjacent to an activating group) is 1. The molecule has 0 radical (unpaired) electrons. The Morgan fingerprint density at radius 1 is 1.39 bits per heavy atom. The van der Waals surface area contributed by atoms with Crippen LogP contribution in [0.15, 0.2) is 0 Å². The molecule has 2 N–H and O–H groups in total. The zero-order valence-electron chi connectivity index (χ0n) is 12.4. The van der Waals surface area contributed by atoms with Crippen molar-refractivity contribution < 1.29 is 9.53 Å². The van der Waals surface area contributed by atoms with Crippen LogP contribution in [0.3, 0.4) is 0 Å². The van der Waals surface area contributed by atoms with Crippen molar-refractivity contribution in [3.8, 4) is 0 Å². The molecule has 0 bridgehead atoms. The first-order chi connectivity index (χ1) is 8.39. The first-order valence-corrected chi connectivity index (χ1v) is 7.03. The average molecular weight is 256 g/mol. The van der Waals surface area contributed by atoms with Gasteiger partial charge in [0.1, 0.15) is 0 Å². The van der Waals surface area contributed by atoms with Crippen molar-refractivity contribution in [1.29, 1.82) is 0 Å². The Morgan fingerprint density at radius 2 is 2.00 bits per heavy atom. The quantitative estimate of drug-likeness (QED) is 0.789. The van der Waals surface area contributed by atoms with Gasteiger partial charge in [-0.05, 0) is 46.6 Å². The molecule has 0 aromatic carbocycles. The molecule has 0 spiro atoms. The minimum atomic E-state index is -0.514. The third-order valence-corrected chi connectivity index (χ3v) is 4.31. The van der Waals surface area contributed by atoms with Crippen molar-refractivity contribution in [1.82, 2.24) is 10.6 Å². The summed E-state index contributed by atoms with van der Waals surface area (Å²) < 4.78 is 5.92. The van der Waals surface area contributed by atoms with Crippen molar-refractivity contribution in [3.63, 3.8) is 0 Å². The number of hydrogen-bond acceptors (Lipinski definition) is 3. The molecule has 0 aromatic heterocycles. The molecular weight excluding hydrogens is 228 g/mol. The van der Waals surface area contributed by atoms with Crippen molar-refractivity contribution in [2.45, 2.75) is 70.6 Å². The van der Waals surface area contributed by atoms with Crippen molar-refractivity contribution in [2.24, 2.45) is 0 Å².